The van der Waals surface area contributed by atoms with Gasteiger partial charge in [-0.25, -0.2) is 12.8 Å². The molecule has 0 radical (unpaired) electrons. The maximum atomic E-state index is 13.5. The lowest BCUT2D eigenvalue weighted by Crippen LogP contribution is -2.42. The second kappa shape index (κ2) is 5.50. The van der Waals surface area contributed by atoms with Crippen LogP contribution in [0.3, 0.4) is 0 Å². The van der Waals surface area contributed by atoms with Crippen molar-refractivity contribution in [3.8, 4) is 0 Å². The van der Waals surface area contributed by atoms with Crippen LogP contribution in [-0.2, 0) is 10.0 Å². The van der Waals surface area contributed by atoms with Crippen molar-refractivity contribution in [2.75, 3.05) is 13.1 Å². The average Bonchev–Trinajstić information content (AvgIpc) is 2.68. The van der Waals surface area contributed by atoms with Crippen LogP contribution in [0.1, 0.15) is 24.8 Å². The Morgan fingerprint density at radius 1 is 1.29 bits per heavy atom. The molecule has 0 amide bonds. The van der Waals surface area contributed by atoms with E-state index in [9.17, 15) is 12.8 Å². The second-order valence-corrected chi connectivity index (χ2v) is 7.96. The molecule has 4 nitrogen and oxygen atoms in total. The lowest BCUT2D eigenvalue weighted by atomic mass is 10.1. The first-order valence-corrected chi connectivity index (χ1v) is 8.93. The molecule has 2 bridgehead atoms. The first kappa shape index (κ1) is 15.2. The van der Waals surface area contributed by atoms with Gasteiger partial charge in [0.25, 0.3) is 0 Å². The van der Waals surface area contributed by atoms with Gasteiger partial charge >= 0.3 is 0 Å². The van der Waals surface area contributed by atoms with Gasteiger partial charge in [-0.05, 0) is 50.4 Å². The van der Waals surface area contributed by atoms with Crippen molar-refractivity contribution >= 4 is 21.6 Å². The van der Waals surface area contributed by atoms with Crippen LogP contribution in [0.2, 0.25) is 5.02 Å². The molecular formula is C14H18ClFN2O2S. The van der Waals surface area contributed by atoms with Gasteiger partial charge in [0.2, 0.25) is 10.0 Å². The highest BCUT2D eigenvalue weighted by Gasteiger charge is 2.43. The molecule has 2 unspecified atom stereocenters. The van der Waals surface area contributed by atoms with Crippen LogP contribution in [-0.4, -0.2) is 37.9 Å². The average molecular weight is 333 g/mol. The molecule has 2 atom stereocenters. The zero-order chi connectivity index (χ0) is 15.2. The lowest BCUT2D eigenvalue weighted by molar-refractivity contribution is 0.334. The van der Waals surface area contributed by atoms with Gasteiger partial charge in [0.15, 0.2) is 0 Å². The van der Waals surface area contributed by atoms with Gasteiger partial charge < -0.3 is 5.32 Å². The number of sulfonamides is 1. The number of fused-ring (bicyclic) bond motifs is 2. The predicted molar refractivity (Wildman–Crippen MR) is 79.5 cm³/mol. The Balaban J connectivity index is 2.06. The number of halogens is 2. The third-order valence-electron chi connectivity index (χ3n) is 4.36. The van der Waals surface area contributed by atoms with Crippen LogP contribution in [0.4, 0.5) is 4.39 Å². The monoisotopic (exact) mass is 332 g/mol. The normalized spacial score (nSPS) is 26.8. The van der Waals surface area contributed by atoms with Crippen molar-refractivity contribution in [3.63, 3.8) is 0 Å². The summed E-state index contributed by atoms with van der Waals surface area (Å²) in [5.41, 5.74) is 0.290. The molecule has 0 aliphatic carbocycles. The number of nitrogens with zero attached hydrogens (tertiary/aromatic N) is 1. The van der Waals surface area contributed by atoms with Crippen LogP contribution in [0.5, 0.6) is 0 Å². The molecule has 116 valence electrons. The molecule has 2 fully saturated rings. The molecule has 7 heteroatoms. The molecule has 1 aromatic carbocycles. The number of nitrogens with one attached hydrogen (secondary N) is 1. The van der Waals surface area contributed by atoms with E-state index in [0.717, 1.165) is 31.9 Å². The van der Waals surface area contributed by atoms with Gasteiger partial charge in [-0.3, -0.25) is 0 Å². The highest BCUT2D eigenvalue weighted by molar-refractivity contribution is 7.89. The molecule has 0 spiro atoms. The van der Waals surface area contributed by atoms with E-state index in [1.807, 2.05) is 0 Å². The molecule has 3 rings (SSSR count). The fraction of sp³-hybridized carbons (Fsp3) is 0.571. The van der Waals surface area contributed by atoms with Gasteiger partial charge in [-0.15, -0.1) is 0 Å². The zero-order valence-corrected chi connectivity index (χ0v) is 13.3. The van der Waals surface area contributed by atoms with Crippen LogP contribution in [0, 0.1) is 12.7 Å². The van der Waals surface area contributed by atoms with Crippen LogP contribution < -0.4 is 5.32 Å². The molecule has 0 saturated carbocycles. The summed E-state index contributed by atoms with van der Waals surface area (Å²) in [6, 6.07) is 2.40. The summed E-state index contributed by atoms with van der Waals surface area (Å²) in [5, 5.41) is 3.22. The van der Waals surface area contributed by atoms with Crippen molar-refractivity contribution in [3.05, 3.63) is 28.5 Å². The van der Waals surface area contributed by atoms with E-state index in [1.54, 1.807) is 11.2 Å². The number of rotatable bonds is 2. The summed E-state index contributed by atoms with van der Waals surface area (Å²) in [5.74, 6) is -0.487. The number of aryl methyl sites for hydroxylation is 1. The molecule has 21 heavy (non-hydrogen) atoms. The SMILES string of the molecule is Cc1cc(S(=O)(=O)N2C3CCNCC2CC3)c(Cl)cc1F. The third kappa shape index (κ3) is 2.59. The topological polar surface area (TPSA) is 49.4 Å². The highest BCUT2D eigenvalue weighted by Crippen LogP contribution is 2.36. The molecule has 1 aromatic rings. The lowest BCUT2D eigenvalue weighted by Gasteiger charge is -2.27. The summed E-state index contributed by atoms with van der Waals surface area (Å²) in [4.78, 5) is 0.0156. The quantitative estimate of drug-likeness (QED) is 0.904. The molecular weight excluding hydrogens is 315 g/mol. The highest BCUT2D eigenvalue weighted by atomic mass is 35.5. The van der Waals surface area contributed by atoms with E-state index >= 15 is 0 Å². The van der Waals surface area contributed by atoms with Gasteiger partial charge in [0.05, 0.1) is 5.02 Å². The first-order chi connectivity index (χ1) is 9.91. The van der Waals surface area contributed by atoms with Crippen LogP contribution >= 0.6 is 11.6 Å². The minimum absolute atomic E-state index is 0.0106. The molecule has 2 aliphatic heterocycles. The van der Waals surface area contributed by atoms with Crippen molar-refractivity contribution in [1.82, 2.24) is 9.62 Å². The van der Waals surface area contributed by atoms with Gasteiger partial charge in [-0.2, -0.15) is 4.31 Å². The van der Waals surface area contributed by atoms with Crippen LogP contribution in [0.15, 0.2) is 17.0 Å². The van der Waals surface area contributed by atoms with E-state index in [0.29, 0.717) is 12.1 Å². The van der Waals surface area contributed by atoms with Gasteiger partial charge in [-0.1, -0.05) is 11.6 Å². The van der Waals surface area contributed by atoms with Crippen LogP contribution in [0.25, 0.3) is 0 Å². The number of hydrogen-bond donors (Lipinski definition) is 1. The van der Waals surface area contributed by atoms with E-state index in [1.165, 1.54) is 6.07 Å². The Bertz CT molecular complexity index is 651. The largest absolute Gasteiger partial charge is 0.315 e. The van der Waals surface area contributed by atoms with E-state index in [2.05, 4.69) is 5.32 Å². The van der Waals surface area contributed by atoms with E-state index in [-0.39, 0.29) is 22.0 Å². The molecule has 2 aliphatic rings. The van der Waals surface area contributed by atoms with Crippen molar-refractivity contribution < 1.29 is 12.8 Å². The number of benzene rings is 1. The standard InChI is InChI=1S/C14H18ClFN2O2S/c1-9-6-14(12(15)7-13(9)16)21(19,20)18-10-2-3-11(18)8-17-5-4-10/h6-7,10-11,17H,2-5,8H2,1H3. The van der Waals surface area contributed by atoms with E-state index < -0.39 is 15.8 Å². The zero-order valence-electron chi connectivity index (χ0n) is 11.8. The molecule has 2 heterocycles. The van der Waals surface area contributed by atoms with Crippen molar-refractivity contribution in [2.24, 2.45) is 0 Å². The molecule has 2 saturated heterocycles. The molecule has 1 N–H and O–H groups in total. The minimum atomic E-state index is -3.70. The Labute approximate surface area is 129 Å². The number of hydrogen-bond acceptors (Lipinski definition) is 3. The third-order valence-corrected chi connectivity index (χ3v) is 6.83. The Morgan fingerprint density at radius 2 is 2.00 bits per heavy atom. The minimum Gasteiger partial charge on any atom is -0.315 e. The Morgan fingerprint density at radius 3 is 2.76 bits per heavy atom. The summed E-state index contributed by atoms with van der Waals surface area (Å²) in [6.07, 6.45) is 2.53. The maximum absolute atomic E-state index is 13.5. The first-order valence-electron chi connectivity index (χ1n) is 7.11. The second-order valence-electron chi connectivity index (χ2n) is 5.74. The Hall–Kier alpha value is -0.690. The van der Waals surface area contributed by atoms with Crippen molar-refractivity contribution in [1.29, 1.82) is 0 Å². The van der Waals surface area contributed by atoms with E-state index in [4.69, 9.17) is 11.6 Å². The summed E-state index contributed by atoms with van der Waals surface area (Å²) in [6.45, 7) is 3.03. The summed E-state index contributed by atoms with van der Waals surface area (Å²) in [7, 11) is -3.70. The predicted octanol–water partition coefficient (Wildman–Crippen LogP) is 2.30. The maximum Gasteiger partial charge on any atom is 0.245 e. The van der Waals surface area contributed by atoms with Crippen molar-refractivity contribution in [2.45, 2.75) is 43.2 Å². The smallest absolute Gasteiger partial charge is 0.245 e. The van der Waals surface area contributed by atoms with Gasteiger partial charge in [0, 0.05) is 18.6 Å². The summed E-state index contributed by atoms with van der Waals surface area (Å²) >= 11 is 6.00. The fourth-order valence-corrected chi connectivity index (χ4v) is 5.75. The summed E-state index contributed by atoms with van der Waals surface area (Å²) < 4.78 is 41.1. The van der Waals surface area contributed by atoms with Gasteiger partial charge in [0.1, 0.15) is 10.7 Å². The molecule has 0 aromatic heterocycles. The Kier molecular flexibility index (Phi) is 3.98. The fourth-order valence-electron chi connectivity index (χ4n) is 3.27.